The van der Waals surface area contributed by atoms with E-state index >= 15 is 0 Å². The van der Waals surface area contributed by atoms with Gasteiger partial charge in [-0.25, -0.2) is 0 Å². The van der Waals surface area contributed by atoms with E-state index in [9.17, 15) is 0 Å². The van der Waals surface area contributed by atoms with Gasteiger partial charge < -0.3 is 5.32 Å². The lowest BCUT2D eigenvalue weighted by atomic mass is 10.1. The fraction of sp³-hybridized carbons (Fsp3) is 0.583. The van der Waals surface area contributed by atoms with E-state index in [4.69, 9.17) is 0 Å². The van der Waals surface area contributed by atoms with Crippen molar-refractivity contribution in [3.63, 3.8) is 0 Å². The highest BCUT2D eigenvalue weighted by molar-refractivity contribution is 5.08. The lowest BCUT2D eigenvalue weighted by molar-refractivity contribution is 0.193. The second-order valence-electron chi connectivity index (χ2n) is 4.24. The zero-order chi connectivity index (χ0) is 10.7. The number of aromatic nitrogens is 1. The predicted octanol–water partition coefficient (Wildman–Crippen LogP) is 1.44. The van der Waals surface area contributed by atoms with Crippen LogP contribution in [0.4, 0.5) is 0 Å². The van der Waals surface area contributed by atoms with Gasteiger partial charge in [0.25, 0.3) is 0 Å². The predicted molar refractivity (Wildman–Crippen MR) is 61.7 cm³/mol. The topological polar surface area (TPSA) is 28.2 Å². The molecule has 1 aliphatic heterocycles. The van der Waals surface area contributed by atoms with Crippen LogP contribution in [-0.2, 0) is 0 Å². The van der Waals surface area contributed by atoms with Crippen LogP contribution in [-0.4, -0.2) is 36.1 Å². The molecule has 0 amide bonds. The van der Waals surface area contributed by atoms with Gasteiger partial charge in [0.05, 0.1) is 5.69 Å². The molecule has 3 heteroatoms. The molecular weight excluding hydrogens is 186 g/mol. The molecule has 1 aromatic rings. The van der Waals surface area contributed by atoms with Gasteiger partial charge in [0.1, 0.15) is 0 Å². The van der Waals surface area contributed by atoms with Gasteiger partial charge in [-0.1, -0.05) is 6.07 Å². The summed E-state index contributed by atoms with van der Waals surface area (Å²) >= 11 is 0. The second-order valence-corrected chi connectivity index (χ2v) is 4.24. The summed E-state index contributed by atoms with van der Waals surface area (Å²) in [6, 6.07) is 7.18. The quantitative estimate of drug-likeness (QED) is 0.809. The Morgan fingerprint density at radius 1 is 1.53 bits per heavy atom. The first-order chi connectivity index (χ1) is 7.29. The van der Waals surface area contributed by atoms with E-state index in [0.29, 0.717) is 12.1 Å². The van der Waals surface area contributed by atoms with Gasteiger partial charge in [-0.15, -0.1) is 0 Å². The fourth-order valence-electron chi connectivity index (χ4n) is 2.13. The molecule has 0 radical (unpaired) electrons. The molecule has 1 aromatic heterocycles. The molecule has 1 fully saturated rings. The number of rotatable bonds is 3. The molecule has 1 aliphatic rings. The summed E-state index contributed by atoms with van der Waals surface area (Å²) in [5.74, 6) is 0. The Morgan fingerprint density at radius 2 is 2.40 bits per heavy atom. The van der Waals surface area contributed by atoms with Crippen LogP contribution in [0.2, 0.25) is 0 Å². The molecule has 2 heterocycles. The highest BCUT2D eigenvalue weighted by atomic mass is 15.2. The molecule has 0 bridgehead atoms. The van der Waals surface area contributed by atoms with Gasteiger partial charge in [0.15, 0.2) is 0 Å². The number of hydrogen-bond acceptors (Lipinski definition) is 3. The average Bonchev–Trinajstić information content (AvgIpc) is 2.82. The summed E-state index contributed by atoms with van der Waals surface area (Å²) in [6.45, 7) is 4.47. The molecule has 0 aliphatic carbocycles. The number of pyridine rings is 1. The second kappa shape index (κ2) is 4.73. The maximum atomic E-state index is 4.41. The number of nitrogens with zero attached hydrogens (tertiary/aromatic N) is 2. The zero-order valence-corrected chi connectivity index (χ0v) is 9.48. The molecule has 1 saturated heterocycles. The Labute approximate surface area is 91.5 Å². The first-order valence-electron chi connectivity index (χ1n) is 5.62. The van der Waals surface area contributed by atoms with Crippen LogP contribution in [0.3, 0.4) is 0 Å². The van der Waals surface area contributed by atoms with Crippen LogP contribution >= 0.6 is 0 Å². The molecule has 2 rings (SSSR count). The molecule has 1 N–H and O–H groups in total. The van der Waals surface area contributed by atoms with E-state index in [1.165, 1.54) is 6.42 Å². The fourth-order valence-corrected chi connectivity index (χ4v) is 2.13. The summed E-state index contributed by atoms with van der Waals surface area (Å²) in [4.78, 5) is 6.83. The minimum atomic E-state index is 0.399. The SMILES string of the molecule is C[C@@H](c1ccccn1)N(C)[C@H]1CCNC1. The zero-order valence-electron chi connectivity index (χ0n) is 9.48. The van der Waals surface area contributed by atoms with E-state index < -0.39 is 0 Å². The first kappa shape index (κ1) is 10.6. The highest BCUT2D eigenvalue weighted by Gasteiger charge is 2.24. The van der Waals surface area contributed by atoms with Crippen molar-refractivity contribution in [1.29, 1.82) is 0 Å². The summed E-state index contributed by atoms with van der Waals surface area (Å²) < 4.78 is 0. The van der Waals surface area contributed by atoms with Crippen molar-refractivity contribution in [2.45, 2.75) is 25.4 Å². The number of hydrogen-bond donors (Lipinski definition) is 1. The molecule has 82 valence electrons. The van der Waals surface area contributed by atoms with Crippen molar-refractivity contribution >= 4 is 0 Å². The van der Waals surface area contributed by atoms with Gasteiger partial charge in [0, 0.05) is 24.8 Å². The van der Waals surface area contributed by atoms with Crippen LogP contribution in [0.5, 0.6) is 0 Å². The van der Waals surface area contributed by atoms with Crippen LogP contribution in [0.1, 0.15) is 25.1 Å². The first-order valence-corrected chi connectivity index (χ1v) is 5.62. The molecule has 15 heavy (non-hydrogen) atoms. The van der Waals surface area contributed by atoms with Crippen molar-refractivity contribution in [3.8, 4) is 0 Å². The lowest BCUT2D eigenvalue weighted by Crippen LogP contribution is -2.35. The van der Waals surface area contributed by atoms with Crippen LogP contribution in [0, 0.1) is 0 Å². The summed E-state index contributed by atoms with van der Waals surface area (Å²) in [7, 11) is 2.19. The van der Waals surface area contributed by atoms with Gasteiger partial charge in [-0.3, -0.25) is 9.88 Å². The Bertz CT molecular complexity index is 293. The van der Waals surface area contributed by atoms with E-state index in [-0.39, 0.29) is 0 Å². The van der Waals surface area contributed by atoms with Crippen molar-refractivity contribution in [1.82, 2.24) is 15.2 Å². The molecule has 0 saturated carbocycles. The van der Waals surface area contributed by atoms with Gasteiger partial charge in [0.2, 0.25) is 0 Å². The average molecular weight is 205 g/mol. The Hall–Kier alpha value is -0.930. The summed E-state index contributed by atoms with van der Waals surface area (Å²) in [5.41, 5.74) is 1.16. The highest BCUT2D eigenvalue weighted by Crippen LogP contribution is 2.20. The van der Waals surface area contributed by atoms with Crippen LogP contribution in [0.15, 0.2) is 24.4 Å². The van der Waals surface area contributed by atoms with Crippen LogP contribution < -0.4 is 5.32 Å². The summed E-state index contributed by atoms with van der Waals surface area (Å²) in [5, 5.41) is 3.40. The molecular formula is C12H19N3. The molecule has 0 aromatic carbocycles. The number of nitrogens with one attached hydrogen (secondary N) is 1. The molecule has 0 spiro atoms. The minimum Gasteiger partial charge on any atom is -0.315 e. The van der Waals surface area contributed by atoms with Crippen molar-refractivity contribution in [2.75, 3.05) is 20.1 Å². The smallest absolute Gasteiger partial charge is 0.0572 e. The minimum absolute atomic E-state index is 0.399. The van der Waals surface area contributed by atoms with E-state index in [1.54, 1.807) is 0 Å². The number of likely N-dealkylation sites (N-methyl/N-ethyl adjacent to an activating group) is 1. The van der Waals surface area contributed by atoms with Crippen molar-refractivity contribution in [3.05, 3.63) is 30.1 Å². The van der Waals surface area contributed by atoms with Gasteiger partial charge in [-0.05, 0) is 39.1 Å². The van der Waals surface area contributed by atoms with Crippen LogP contribution in [0.25, 0.3) is 0 Å². The monoisotopic (exact) mass is 205 g/mol. The third-order valence-corrected chi connectivity index (χ3v) is 3.34. The van der Waals surface area contributed by atoms with E-state index in [2.05, 4.69) is 41.3 Å². The Kier molecular flexibility index (Phi) is 3.34. The largest absolute Gasteiger partial charge is 0.315 e. The van der Waals surface area contributed by atoms with Crippen molar-refractivity contribution < 1.29 is 0 Å². The summed E-state index contributed by atoms with van der Waals surface area (Å²) in [6.07, 6.45) is 3.11. The van der Waals surface area contributed by atoms with E-state index in [0.717, 1.165) is 18.8 Å². The van der Waals surface area contributed by atoms with E-state index in [1.807, 2.05) is 12.3 Å². The molecule has 3 nitrogen and oxygen atoms in total. The van der Waals surface area contributed by atoms with Crippen molar-refractivity contribution in [2.24, 2.45) is 0 Å². The normalized spacial score (nSPS) is 23.3. The third-order valence-electron chi connectivity index (χ3n) is 3.34. The molecule has 0 unspecified atom stereocenters. The third kappa shape index (κ3) is 2.36. The Balaban J connectivity index is 2.03. The van der Waals surface area contributed by atoms with Gasteiger partial charge in [-0.2, -0.15) is 0 Å². The molecule has 2 atom stereocenters. The van der Waals surface area contributed by atoms with Gasteiger partial charge >= 0.3 is 0 Å². The lowest BCUT2D eigenvalue weighted by Gasteiger charge is -2.29. The maximum Gasteiger partial charge on any atom is 0.0572 e. The standard InChI is InChI=1S/C12H19N3/c1-10(12-5-3-4-7-14-12)15(2)11-6-8-13-9-11/h3-5,7,10-11,13H,6,8-9H2,1-2H3/t10-,11-/m0/s1. The Morgan fingerprint density at radius 3 is 3.00 bits per heavy atom. The maximum absolute atomic E-state index is 4.41.